The van der Waals surface area contributed by atoms with Crippen LogP contribution in [0.5, 0.6) is 0 Å². The molecule has 1 N–H and O–H groups in total. The fraction of sp³-hybridized carbons (Fsp3) is 0.933. The van der Waals surface area contributed by atoms with Crippen molar-refractivity contribution in [1.82, 2.24) is 0 Å². The normalized spacial score (nSPS) is 17.9. The molecule has 0 saturated heterocycles. The Morgan fingerprint density at radius 3 is 1.83 bits per heavy atom. The minimum Gasteiger partial charge on any atom is -0.466 e. The summed E-state index contributed by atoms with van der Waals surface area (Å²) in [6, 6.07) is 0. The van der Waals surface area contributed by atoms with Gasteiger partial charge in [-0.25, -0.2) is 0 Å². The highest BCUT2D eigenvalue weighted by atomic mass is 16.5. The van der Waals surface area contributed by atoms with E-state index in [1.807, 2.05) is 0 Å². The van der Waals surface area contributed by atoms with E-state index in [9.17, 15) is 4.79 Å². The van der Waals surface area contributed by atoms with Crippen LogP contribution in [0.25, 0.3) is 0 Å². The molecule has 0 radical (unpaired) electrons. The lowest BCUT2D eigenvalue weighted by Crippen LogP contribution is -2.15. The average molecular weight is 258 g/mol. The van der Waals surface area contributed by atoms with Crippen LogP contribution in [0.15, 0.2) is 0 Å². The number of aliphatic hydroxyl groups excluding tert-OH is 1. The molecular weight excluding hydrogens is 228 g/mol. The number of hydrogen-bond acceptors (Lipinski definition) is 3. The van der Waals surface area contributed by atoms with Gasteiger partial charge in [-0.3, -0.25) is 4.79 Å². The van der Waals surface area contributed by atoms with Crippen LogP contribution in [-0.4, -0.2) is 24.3 Å². The van der Waals surface area contributed by atoms with Crippen LogP contribution >= 0.6 is 0 Å². The molecule has 0 fully saturated rings. The highest BCUT2D eigenvalue weighted by Crippen LogP contribution is 2.24. The minimum absolute atomic E-state index is 0.195. The van der Waals surface area contributed by atoms with Gasteiger partial charge >= 0.3 is 5.97 Å². The maximum Gasteiger partial charge on any atom is 0.302 e. The van der Waals surface area contributed by atoms with Crippen LogP contribution in [-0.2, 0) is 9.53 Å². The molecule has 3 nitrogen and oxygen atoms in total. The second kappa shape index (κ2) is 9.37. The first-order valence-corrected chi connectivity index (χ1v) is 7.09. The quantitative estimate of drug-likeness (QED) is 0.646. The van der Waals surface area contributed by atoms with Gasteiger partial charge in [-0.2, -0.15) is 0 Å². The molecule has 0 amide bonds. The zero-order valence-corrected chi connectivity index (χ0v) is 12.6. The second-order valence-corrected chi connectivity index (χ2v) is 6.11. The molecule has 0 aliphatic rings. The molecule has 0 aromatic rings. The fourth-order valence-corrected chi connectivity index (χ4v) is 2.66. The summed E-state index contributed by atoms with van der Waals surface area (Å²) in [7, 11) is 0. The molecule has 108 valence electrons. The number of aliphatic hydroxyl groups is 1. The van der Waals surface area contributed by atoms with Gasteiger partial charge in [0.1, 0.15) is 0 Å². The van der Waals surface area contributed by atoms with Crippen molar-refractivity contribution in [3.8, 4) is 0 Å². The molecule has 0 bridgehead atoms. The van der Waals surface area contributed by atoms with E-state index in [0.29, 0.717) is 30.3 Å². The van der Waals surface area contributed by atoms with Crippen molar-refractivity contribution in [2.75, 3.05) is 13.2 Å². The van der Waals surface area contributed by atoms with Crippen LogP contribution in [0, 0.1) is 23.7 Å². The Kier molecular flexibility index (Phi) is 9.08. The third kappa shape index (κ3) is 9.46. The summed E-state index contributed by atoms with van der Waals surface area (Å²) in [5.74, 6) is 1.90. The molecule has 0 saturated carbocycles. The van der Waals surface area contributed by atoms with Crippen LogP contribution in [0.1, 0.15) is 53.9 Å². The number of esters is 1. The lowest BCUT2D eigenvalue weighted by molar-refractivity contribution is -0.142. The van der Waals surface area contributed by atoms with Crippen molar-refractivity contribution in [2.45, 2.75) is 53.9 Å². The van der Waals surface area contributed by atoms with Crippen LogP contribution in [0.3, 0.4) is 0 Å². The van der Waals surface area contributed by atoms with Gasteiger partial charge < -0.3 is 9.84 Å². The number of rotatable bonds is 9. The molecule has 0 rings (SSSR count). The Labute approximate surface area is 112 Å². The maximum atomic E-state index is 10.7. The van der Waals surface area contributed by atoms with Crippen molar-refractivity contribution in [3.05, 3.63) is 0 Å². The Hall–Kier alpha value is -0.570. The Morgan fingerprint density at radius 1 is 0.944 bits per heavy atom. The van der Waals surface area contributed by atoms with Gasteiger partial charge in [0.2, 0.25) is 0 Å². The molecule has 4 atom stereocenters. The Balaban J connectivity index is 3.80. The van der Waals surface area contributed by atoms with Crippen LogP contribution < -0.4 is 0 Å². The lowest BCUT2D eigenvalue weighted by atomic mass is 9.86. The molecule has 0 spiro atoms. The van der Waals surface area contributed by atoms with E-state index >= 15 is 0 Å². The summed E-state index contributed by atoms with van der Waals surface area (Å²) in [5.41, 5.74) is 0. The lowest BCUT2D eigenvalue weighted by Gasteiger charge is -2.22. The molecule has 0 heterocycles. The molecule has 0 aliphatic heterocycles. The first-order chi connectivity index (χ1) is 8.35. The van der Waals surface area contributed by atoms with E-state index in [4.69, 9.17) is 9.84 Å². The third-order valence-electron chi connectivity index (χ3n) is 3.30. The van der Waals surface area contributed by atoms with Gasteiger partial charge in [-0.15, -0.1) is 0 Å². The highest BCUT2D eigenvalue weighted by molar-refractivity contribution is 5.65. The first-order valence-electron chi connectivity index (χ1n) is 7.09. The van der Waals surface area contributed by atoms with Crippen molar-refractivity contribution in [2.24, 2.45) is 23.7 Å². The SMILES string of the molecule is CC(=O)OC[C@@H](C)C[C@@H](C)C[C@@H](C)C[C@H](C)CO. The molecular formula is C15H30O3. The number of ether oxygens (including phenoxy) is 1. The number of hydrogen-bond donors (Lipinski definition) is 1. The fourth-order valence-electron chi connectivity index (χ4n) is 2.66. The largest absolute Gasteiger partial charge is 0.466 e. The van der Waals surface area contributed by atoms with Crippen molar-refractivity contribution in [3.63, 3.8) is 0 Å². The topological polar surface area (TPSA) is 46.5 Å². The summed E-state index contributed by atoms with van der Waals surface area (Å²) >= 11 is 0. The zero-order chi connectivity index (χ0) is 14.1. The van der Waals surface area contributed by atoms with E-state index in [1.165, 1.54) is 13.3 Å². The molecule has 3 heteroatoms. The molecule has 0 aliphatic carbocycles. The van der Waals surface area contributed by atoms with E-state index in [0.717, 1.165) is 12.8 Å². The smallest absolute Gasteiger partial charge is 0.302 e. The average Bonchev–Trinajstić information content (AvgIpc) is 2.25. The van der Waals surface area contributed by atoms with Crippen LogP contribution in [0.4, 0.5) is 0 Å². The Morgan fingerprint density at radius 2 is 1.39 bits per heavy atom. The predicted molar refractivity (Wildman–Crippen MR) is 74.2 cm³/mol. The van der Waals surface area contributed by atoms with Gasteiger partial charge in [0.25, 0.3) is 0 Å². The van der Waals surface area contributed by atoms with E-state index in [-0.39, 0.29) is 12.6 Å². The van der Waals surface area contributed by atoms with Crippen molar-refractivity contribution < 1.29 is 14.6 Å². The van der Waals surface area contributed by atoms with Crippen molar-refractivity contribution in [1.29, 1.82) is 0 Å². The summed E-state index contributed by atoms with van der Waals surface area (Å²) in [6.07, 6.45) is 3.35. The molecule has 18 heavy (non-hydrogen) atoms. The second-order valence-electron chi connectivity index (χ2n) is 6.11. The minimum atomic E-state index is -0.195. The Bertz CT molecular complexity index is 228. The van der Waals surface area contributed by atoms with Gasteiger partial charge in [0.15, 0.2) is 0 Å². The zero-order valence-electron chi connectivity index (χ0n) is 12.6. The third-order valence-corrected chi connectivity index (χ3v) is 3.30. The maximum absolute atomic E-state index is 10.7. The number of carbonyl (C=O) groups excluding carboxylic acids is 1. The summed E-state index contributed by atoms with van der Waals surface area (Å²) in [5, 5.41) is 9.04. The monoisotopic (exact) mass is 258 g/mol. The van der Waals surface area contributed by atoms with Crippen molar-refractivity contribution >= 4 is 5.97 Å². The summed E-state index contributed by atoms with van der Waals surface area (Å²) in [6.45, 7) is 11.0. The van der Waals surface area contributed by atoms with Gasteiger partial charge in [-0.1, -0.05) is 27.7 Å². The molecule has 0 unspecified atom stereocenters. The van der Waals surface area contributed by atoms with Gasteiger partial charge in [-0.05, 0) is 42.9 Å². The number of carbonyl (C=O) groups is 1. The van der Waals surface area contributed by atoms with E-state index in [1.54, 1.807) is 0 Å². The van der Waals surface area contributed by atoms with E-state index in [2.05, 4.69) is 27.7 Å². The highest BCUT2D eigenvalue weighted by Gasteiger charge is 2.15. The predicted octanol–water partition coefficient (Wildman–Crippen LogP) is 3.26. The van der Waals surface area contributed by atoms with Gasteiger partial charge in [0.05, 0.1) is 6.61 Å². The summed E-state index contributed by atoms with van der Waals surface area (Å²) in [4.78, 5) is 10.7. The first kappa shape index (κ1) is 17.4. The standard InChI is InChI=1S/C15H30O3/c1-11(7-13(3)9-16)6-12(2)8-14(4)10-18-15(5)17/h11-14,16H,6-10H2,1-5H3/t11-,12+,13+,14+/m1/s1. The van der Waals surface area contributed by atoms with Gasteiger partial charge in [0, 0.05) is 13.5 Å². The van der Waals surface area contributed by atoms with Crippen LogP contribution in [0.2, 0.25) is 0 Å². The summed E-state index contributed by atoms with van der Waals surface area (Å²) < 4.78 is 5.02. The van der Waals surface area contributed by atoms with E-state index < -0.39 is 0 Å². The molecule has 0 aromatic carbocycles. The molecule has 0 aromatic heterocycles.